The maximum Gasteiger partial charge on any atom is 0.416 e. The van der Waals surface area contributed by atoms with E-state index in [1.54, 1.807) is 22.8 Å². The van der Waals surface area contributed by atoms with Gasteiger partial charge in [0.1, 0.15) is 5.69 Å². The van der Waals surface area contributed by atoms with Crippen molar-refractivity contribution in [2.24, 2.45) is 0 Å². The van der Waals surface area contributed by atoms with Crippen molar-refractivity contribution < 1.29 is 22.7 Å². The van der Waals surface area contributed by atoms with Crippen LogP contribution in [0, 0.1) is 11.8 Å². The molecule has 1 aromatic carbocycles. The lowest BCUT2D eigenvalue weighted by atomic mass is 10.0. The molecule has 0 aliphatic carbocycles. The van der Waals surface area contributed by atoms with E-state index in [1.165, 1.54) is 30.6 Å². The van der Waals surface area contributed by atoms with Gasteiger partial charge in [0, 0.05) is 62.4 Å². The summed E-state index contributed by atoms with van der Waals surface area (Å²) in [7, 11) is 1.99. The number of hydrogen-bond donors (Lipinski definition) is 1. The van der Waals surface area contributed by atoms with Crippen molar-refractivity contribution in [3.05, 3.63) is 82.9 Å². The van der Waals surface area contributed by atoms with Gasteiger partial charge in [0.25, 0.3) is 5.91 Å². The maximum absolute atomic E-state index is 14.0. The number of carbonyl (C=O) groups is 1. The molecular weight excluding hydrogens is 547 g/mol. The number of halogens is 3. The zero-order valence-electron chi connectivity index (χ0n) is 23.4. The summed E-state index contributed by atoms with van der Waals surface area (Å²) in [5, 5.41) is 6.98. The number of alkyl halides is 3. The van der Waals surface area contributed by atoms with Gasteiger partial charge >= 0.3 is 6.18 Å². The third-order valence-electron chi connectivity index (χ3n) is 6.69. The number of piperazine rings is 1. The van der Waals surface area contributed by atoms with E-state index >= 15 is 0 Å². The van der Waals surface area contributed by atoms with Crippen LogP contribution in [0.4, 0.5) is 18.9 Å². The number of fused-ring (bicyclic) bond motifs is 1. The summed E-state index contributed by atoms with van der Waals surface area (Å²) in [5.41, 5.74) is 1.14. The van der Waals surface area contributed by atoms with Crippen LogP contribution in [-0.2, 0) is 12.7 Å². The molecule has 1 saturated heterocycles. The van der Waals surface area contributed by atoms with Gasteiger partial charge in [-0.1, -0.05) is 12.0 Å². The summed E-state index contributed by atoms with van der Waals surface area (Å²) in [6.07, 6.45) is -0.216. The Balaban J connectivity index is 1.32. The molecule has 1 aliphatic rings. The van der Waals surface area contributed by atoms with Crippen molar-refractivity contribution in [1.29, 1.82) is 0 Å². The van der Waals surface area contributed by atoms with Gasteiger partial charge in [-0.3, -0.25) is 14.7 Å². The first kappa shape index (κ1) is 29.0. The van der Waals surface area contributed by atoms with Crippen LogP contribution in [0.25, 0.3) is 5.65 Å². The third-order valence-corrected chi connectivity index (χ3v) is 6.69. The molecule has 1 fully saturated rings. The monoisotopic (exact) mass is 577 g/mol. The van der Waals surface area contributed by atoms with Gasteiger partial charge in [0.05, 0.1) is 23.4 Å². The second kappa shape index (κ2) is 12.2. The number of hydrogen-bond acceptors (Lipinski definition) is 7. The number of amides is 1. The number of pyridine rings is 1. The van der Waals surface area contributed by atoms with E-state index in [1.807, 2.05) is 25.8 Å². The molecule has 0 saturated carbocycles. The number of nitrogens with one attached hydrogen (secondary N) is 1. The standard InChI is InChI=1S/C30H30F3N7O2/c1-20(2)42-28-9-8-27-35-18-25(40(27)37-28)7-4-21-14-23(17-34-16-21)29(41)36-24-6-5-22(26(15-24)30(31,32)33)19-39-12-10-38(3)11-13-39/h5-6,8-9,14-18,20H,10-13,19H2,1-3H3,(H,36,41). The average molecular weight is 578 g/mol. The van der Waals surface area contributed by atoms with Gasteiger partial charge in [-0.25, -0.2) is 9.50 Å². The molecule has 218 valence electrons. The highest BCUT2D eigenvalue weighted by molar-refractivity contribution is 6.04. The molecule has 0 bridgehead atoms. The van der Waals surface area contributed by atoms with Crippen molar-refractivity contribution in [3.8, 4) is 17.7 Å². The van der Waals surface area contributed by atoms with Crippen molar-refractivity contribution in [3.63, 3.8) is 0 Å². The Kier molecular flexibility index (Phi) is 8.42. The fourth-order valence-corrected chi connectivity index (χ4v) is 4.52. The van der Waals surface area contributed by atoms with Crippen LogP contribution in [0.2, 0.25) is 0 Å². The van der Waals surface area contributed by atoms with Crippen LogP contribution >= 0.6 is 0 Å². The minimum absolute atomic E-state index is 0.0437. The van der Waals surface area contributed by atoms with Gasteiger partial charge in [-0.05, 0) is 56.6 Å². The van der Waals surface area contributed by atoms with Gasteiger partial charge in [0.15, 0.2) is 5.65 Å². The van der Waals surface area contributed by atoms with E-state index in [0.29, 0.717) is 35.9 Å². The minimum atomic E-state index is -4.56. The Labute approximate surface area is 241 Å². The molecule has 1 amide bonds. The minimum Gasteiger partial charge on any atom is -0.474 e. The lowest BCUT2D eigenvalue weighted by Crippen LogP contribution is -2.44. The summed E-state index contributed by atoms with van der Waals surface area (Å²) in [6, 6.07) is 8.92. The van der Waals surface area contributed by atoms with Crippen molar-refractivity contribution in [2.75, 3.05) is 38.5 Å². The molecule has 0 unspecified atom stereocenters. The zero-order valence-corrected chi connectivity index (χ0v) is 23.4. The fraction of sp³-hybridized carbons (Fsp3) is 0.333. The number of nitrogens with zero attached hydrogens (tertiary/aromatic N) is 6. The number of imidazole rings is 1. The highest BCUT2D eigenvalue weighted by Gasteiger charge is 2.34. The zero-order chi connectivity index (χ0) is 29.9. The molecule has 3 aromatic heterocycles. The summed E-state index contributed by atoms with van der Waals surface area (Å²) < 4.78 is 49.1. The highest BCUT2D eigenvalue weighted by atomic mass is 19.4. The van der Waals surface area contributed by atoms with E-state index in [9.17, 15) is 18.0 Å². The molecule has 12 heteroatoms. The average Bonchev–Trinajstić information content (AvgIpc) is 3.35. The summed E-state index contributed by atoms with van der Waals surface area (Å²) >= 11 is 0. The molecule has 42 heavy (non-hydrogen) atoms. The van der Waals surface area contributed by atoms with E-state index in [-0.39, 0.29) is 29.5 Å². The quantitative estimate of drug-likeness (QED) is 0.342. The number of anilines is 1. The largest absolute Gasteiger partial charge is 0.474 e. The lowest BCUT2D eigenvalue weighted by molar-refractivity contribution is -0.138. The molecule has 5 rings (SSSR count). The van der Waals surface area contributed by atoms with Gasteiger partial charge < -0.3 is 15.0 Å². The SMILES string of the molecule is CC(C)Oc1ccc2ncc(C#Cc3cncc(C(=O)Nc4ccc(CN5CCN(C)CC5)c(C(F)(F)F)c4)c3)n2n1. The number of rotatable bonds is 6. The summed E-state index contributed by atoms with van der Waals surface area (Å²) in [6.45, 7) is 6.98. The van der Waals surface area contributed by atoms with Crippen LogP contribution in [-0.4, -0.2) is 74.6 Å². The molecule has 0 atom stereocenters. The van der Waals surface area contributed by atoms with E-state index < -0.39 is 17.6 Å². The van der Waals surface area contributed by atoms with Crippen LogP contribution in [0.15, 0.2) is 55.0 Å². The predicted octanol–water partition coefficient (Wildman–Crippen LogP) is 4.33. The Morgan fingerprint density at radius 3 is 2.57 bits per heavy atom. The smallest absolute Gasteiger partial charge is 0.416 e. The maximum atomic E-state index is 14.0. The first-order valence-corrected chi connectivity index (χ1v) is 13.5. The highest BCUT2D eigenvalue weighted by Crippen LogP contribution is 2.34. The number of aromatic nitrogens is 4. The number of likely N-dealkylation sites (N-methyl/N-ethyl adjacent to an activating group) is 1. The van der Waals surface area contributed by atoms with E-state index in [0.717, 1.165) is 19.2 Å². The molecular formula is C30H30F3N7O2. The second-order valence-corrected chi connectivity index (χ2v) is 10.4. The normalized spacial score (nSPS) is 14.5. The molecule has 0 radical (unpaired) electrons. The Bertz CT molecular complexity index is 1650. The number of ether oxygens (including phenoxy) is 1. The van der Waals surface area contributed by atoms with E-state index in [4.69, 9.17) is 4.74 Å². The molecule has 9 nitrogen and oxygen atoms in total. The van der Waals surface area contributed by atoms with Gasteiger partial charge in [0.2, 0.25) is 5.88 Å². The van der Waals surface area contributed by atoms with Crippen LogP contribution < -0.4 is 10.1 Å². The van der Waals surface area contributed by atoms with Crippen molar-refractivity contribution >= 4 is 17.2 Å². The Morgan fingerprint density at radius 2 is 1.83 bits per heavy atom. The number of benzene rings is 1. The van der Waals surface area contributed by atoms with Crippen molar-refractivity contribution in [2.45, 2.75) is 32.7 Å². The Morgan fingerprint density at radius 1 is 1.05 bits per heavy atom. The molecule has 1 N–H and O–H groups in total. The molecule has 4 aromatic rings. The predicted molar refractivity (Wildman–Crippen MR) is 151 cm³/mol. The summed E-state index contributed by atoms with van der Waals surface area (Å²) in [5.74, 6) is 5.75. The molecule has 0 spiro atoms. The van der Waals surface area contributed by atoms with Crippen LogP contribution in [0.3, 0.4) is 0 Å². The first-order valence-electron chi connectivity index (χ1n) is 13.5. The topological polar surface area (TPSA) is 87.9 Å². The second-order valence-electron chi connectivity index (χ2n) is 10.4. The molecule has 1 aliphatic heterocycles. The fourth-order valence-electron chi connectivity index (χ4n) is 4.52. The third kappa shape index (κ3) is 7.05. The number of carbonyl (C=O) groups excluding carboxylic acids is 1. The van der Waals surface area contributed by atoms with Crippen LogP contribution in [0.1, 0.15) is 46.6 Å². The summed E-state index contributed by atoms with van der Waals surface area (Å²) in [4.78, 5) is 25.5. The first-order chi connectivity index (χ1) is 20.0. The lowest BCUT2D eigenvalue weighted by Gasteiger charge is -2.33. The van der Waals surface area contributed by atoms with Gasteiger partial charge in [-0.2, -0.15) is 13.2 Å². The van der Waals surface area contributed by atoms with Crippen LogP contribution in [0.5, 0.6) is 5.88 Å². The Hall–Kier alpha value is -4.47. The van der Waals surface area contributed by atoms with Crippen molar-refractivity contribution in [1.82, 2.24) is 29.4 Å². The van der Waals surface area contributed by atoms with E-state index in [2.05, 4.69) is 37.1 Å². The van der Waals surface area contributed by atoms with Gasteiger partial charge in [-0.15, -0.1) is 5.10 Å². The molecule has 4 heterocycles.